The smallest absolute Gasteiger partial charge is 0.244 e. The maximum absolute atomic E-state index is 12.9. The van der Waals surface area contributed by atoms with Gasteiger partial charge in [-0.25, -0.2) is 4.39 Å². The van der Waals surface area contributed by atoms with Crippen molar-refractivity contribution in [2.24, 2.45) is 5.73 Å². The van der Waals surface area contributed by atoms with Crippen LogP contribution >= 0.6 is 0 Å². The van der Waals surface area contributed by atoms with Gasteiger partial charge in [-0.3, -0.25) is 4.79 Å². The van der Waals surface area contributed by atoms with Gasteiger partial charge in [0.1, 0.15) is 18.2 Å². The van der Waals surface area contributed by atoms with Crippen molar-refractivity contribution in [1.82, 2.24) is 0 Å². The first kappa shape index (κ1) is 16.5. The number of hydrogen-bond donors (Lipinski definition) is 2. The Labute approximate surface area is 140 Å². The predicted octanol–water partition coefficient (Wildman–Crippen LogP) is 3.61. The second-order valence-electron chi connectivity index (χ2n) is 6.26. The molecule has 0 aromatic heterocycles. The number of benzene rings is 2. The number of nitrogens with two attached hydrogens (primary N) is 1. The van der Waals surface area contributed by atoms with Crippen molar-refractivity contribution in [3.05, 3.63) is 59.9 Å². The van der Waals surface area contributed by atoms with Crippen molar-refractivity contribution >= 4 is 11.6 Å². The summed E-state index contributed by atoms with van der Waals surface area (Å²) in [5.41, 5.74) is 6.94. The number of carbonyl (C=O) groups excluding carboxylic acids is 1. The van der Waals surface area contributed by atoms with Crippen LogP contribution in [0.3, 0.4) is 0 Å². The van der Waals surface area contributed by atoms with Gasteiger partial charge in [-0.05, 0) is 42.7 Å². The minimum Gasteiger partial charge on any atom is -0.489 e. The Balaban J connectivity index is 1.61. The minimum absolute atomic E-state index is 0.143. The molecule has 2 aromatic carbocycles. The molecule has 126 valence electrons. The van der Waals surface area contributed by atoms with Gasteiger partial charge in [0.2, 0.25) is 5.91 Å². The number of halogens is 1. The Morgan fingerprint density at radius 1 is 1.17 bits per heavy atom. The van der Waals surface area contributed by atoms with E-state index in [1.807, 2.05) is 12.1 Å². The van der Waals surface area contributed by atoms with Crippen LogP contribution in [0, 0.1) is 5.82 Å². The topological polar surface area (TPSA) is 64.4 Å². The molecule has 1 amide bonds. The Kier molecular flexibility index (Phi) is 4.81. The predicted molar refractivity (Wildman–Crippen MR) is 91.2 cm³/mol. The first-order valence-corrected chi connectivity index (χ1v) is 8.13. The second-order valence-corrected chi connectivity index (χ2v) is 6.26. The van der Waals surface area contributed by atoms with E-state index >= 15 is 0 Å². The normalized spacial score (nSPS) is 15.9. The van der Waals surface area contributed by atoms with Crippen molar-refractivity contribution in [2.45, 2.75) is 37.8 Å². The average molecular weight is 328 g/mol. The summed E-state index contributed by atoms with van der Waals surface area (Å²) in [7, 11) is 0. The molecule has 5 heteroatoms. The molecule has 1 saturated carbocycles. The van der Waals surface area contributed by atoms with Crippen LogP contribution in [0.5, 0.6) is 5.75 Å². The van der Waals surface area contributed by atoms with E-state index < -0.39 is 5.54 Å². The van der Waals surface area contributed by atoms with E-state index in [2.05, 4.69) is 5.32 Å². The molecule has 0 unspecified atom stereocenters. The first-order valence-electron chi connectivity index (χ1n) is 8.13. The molecule has 0 atom stereocenters. The third-order valence-electron chi connectivity index (χ3n) is 4.36. The molecule has 0 saturated heterocycles. The average Bonchev–Trinajstić information content (AvgIpc) is 3.03. The number of rotatable bonds is 5. The standard InChI is InChI=1S/C19H21FN2O2/c20-15-8-6-14(7-9-15)13-24-17-5-3-4-16(12-17)22-18(23)19(21)10-1-2-11-19/h3-9,12H,1-2,10-11,13,21H2,(H,22,23). The second kappa shape index (κ2) is 7.01. The molecule has 0 aliphatic heterocycles. The lowest BCUT2D eigenvalue weighted by Crippen LogP contribution is -2.48. The highest BCUT2D eigenvalue weighted by molar-refractivity contribution is 5.98. The first-order chi connectivity index (χ1) is 11.5. The number of anilines is 1. The highest BCUT2D eigenvalue weighted by Gasteiger charge is 2.36. The van der Waals surface area contributed by atoms with Gasteiger partial charge in [0.15, 0.2) is 0 Å². The molecule has 0 bridgehead atoms. The number of amides is 1. The molecule has 1 aliphatic rings. The maximum Gasteiger partial charge on any atom is 0.244 e. The van der Waals surface area contributed by atoms with Gasteiger partial charge in [-0.2, -0.15) is 0 Å². The highest BCUT2D eigenvalue weighted by atomic mass is 19.1. The van der Waals surface area contributed by atoms with Gasteiger partial charge in [0, 0.05) is 11.8 Å². The summed E-state index contributed by atoms with van der Waals surface area (Å²) in [6.07, 6.45) is 3.43. The minimum atomic E-state index is -0.759. The summed E-state index contributed by atoms with van der Waals surface area (Å²) < 4.78 is 18.6. The molecule has 0 spiro atoms. The lowest BCUT2D eigenvalue weighted by molar-refractivity contribution is -0.121. The summed E-state index contributed by atoms with van der Waals surface area (Å²) in [6.45, 7) is 0.332. The van der Waals surface area contributed by atoms with E-state index in [0.717, 1.165) is 31.2 Å². The zero-order chi connectivity index (χ0) is 17.0. The molecule has 24 heavy (non-hydrogen) atoms. The molecule has 4 nitrogen and oxygen atoms in total. The summed E-state index contributed by atoms with van der Waals surface area (Å²) >= 11 is 0. The van der Waals surface area contributed by atoms with E-state index in [9.17, 15) is 9.18 Å². The lowest BCUT2D eigenvalue weighted by atomic mass is 9.98. The number of ether oxygens (including phenoxy) is 1. The molecule has 0 radical (unpaired) electrons. The summed E-state index contributed by atoms with van der Waals surface area (Å²) in [6, 6.07) is 13.4. The lowest BCUT2D eigenvalue weighted by Gasteiger charge is -2.22. The highest BCUT2D eigenvalue weighted by Crippen LogP contribution is 2.29. The van der Waals surface area contributed by atoms with Crippen molar-refractivity contribution in [1.29, 1.82) is 0 Å². The fraction of sp³-hybridized carbons (Fsp3) is 0.316. The van der Waals surface area contributed by atoms with Crippen molar-refractivity contribution < 1.29 is 13.9 Å². The molecule has 1 fully saturated rings. The Morgan fingerprint density at radius 3 is 2.58 bits per heavy atom. The molecule has 3 N–H and O–H groups in total. The van der Waals surface area contributed by atoms with E-state index in [0.29, 0.717) is 18.0 Å². The molecule has 3 rings (SSSR count). The van der Waals surface area contributed by atoms with Gasteiger partial charge in [0.25, 0.3) is 0 Å². The van der Waals surface area contributed by atoms with Gasteiger partial charge in [-0.1, -0.05) is 31.0 Å². The van der Waals surface area contributed by atoms with Crippen LogP contribution in [0.15, 0.2) is 48.5 Å². The fourth-order valence-electron chi connectivity index (χ4n) is 2.90. The number of nitrogens with one attached hydrogen (secondary N) is 1. The molecule has 2 aromatic rings. The Morgan fingerprint density at radius 2 is 1.88 bits per heavy atom. The summed E-state index contributed by atoms with van der Waals surface area (Å²) in [4.78, 5) is 12.3. The third kappa shape index (κ3) is 3.92. The maximum atomic E-state index is 12.9. The zero-order valence-electron chi connectivity index (χ0n) is 13.4. The zero-order valence-corrected chi connectivity index (χ0v) is 13.4. The van der Waals surface area contributed by atoms with E-state index in [-0.39, 0.29) is 11.7 Å². The molecule has 0 heterocycles. The van der Waals surface area contributed by atoms with Crippen LogP contribution in [0.25, 0.3) is 0 Å². The van der Waals surface area contributed by atoms with E-state index in [1.165, 1.54) is 12.1 Å². The van der Waals surface area contributed by atoms with Crippen LogP contribution in [-0.2, 0) is 11.4 Å². The van der Waals surface area contributed by atoms with Crippen LogP contribution in [0.2, 0.25) is 0 Å². The van der Waals surface area contributed by atoms with Crippen LogP contribution in [0.4, 0.5) is 10.1 Å². The number of carbonyl (C=O) groups is 1. The van der Waals surface area contributed by atoms with Gasteiger partial charge in [-0.15, -0.1) is 0 Å². The summed E-state index contributed by atoms with van der Waals surface area (Å²) in [5.74, 6) is 0.219. The van der Waals surface area contributed by atoms with Crippen LogP contribution < -0.4 is 15.8 Å². The molecule has 1 aliphatic carbocycles. The third-order valence-corrected chi connectivity index (χ3v) is 4.36. The van der Waals surface area contributed by atoms with E-state index in [1.54, 1.807) is 24.3 Å². The monoisotopic (exact) mass is 328 g/mol. The Hall–Kier alpha value is -2.40. The van der Waals surface area contributed by atoms with Crippen LogP contribution in [-0.4, -0.2) is 11.4 Å². The van der Waals surface area contributed by atoms with Crippen molar-refractivity contribution in [3.8, 4) is 5.75 Å². The van der Waals surface area contributed by atoms with Gasteiger partial charge < -0.3 is 15.8 Å². The van der Waals surface area contributed by atoms with E-state index in [4.69, 9.17) is 10.5 Å². The number of hydrogen-bond acceptors (Lipinski definition) is 3. The van der Waals surface area contributed by atoms with Gasteiger partial charge >= 0.3 is 0 Å². The molecular weight excluding hydrogens is 307 g/mol. The largest absolute Gasteiger partial charge is 0.489 e. The Bertz CT molecular complexity index is 710. The quantitative estimate of drug-likeness (QED) is 0.881. The fourth-order valence-corrected chi connectivity index (χ4v) is 2.90. The molecular formula is C19H21FN2O2. The summed E-state index contributed by atoms with van der Waals surface area (Å²) in [5, 5.41) is 2.88. The van der Waals surface area contributed by atoms with Crippen LogP contribution in [0.1, 0.15) is 31.2 Å². The SMILES string of the molecule is NC1(C(=O)Nc2cccc(OCc3ccc(F)cc3)c2)CCCC1. The van der Waals surface area contributed by atoms with Gasteiger partial charge in [0.05, 0.1) is 5.54 Å². The van der Waals surface area contributed by atoms with Crippen molar-refractivity contribution in [3.63, 3.8) is 0 Å². The van der Waals surface area contributed by atoms with Crippen molar-refractivity contribution in [2.75, 3.05) is 5.32 Å².